The summed E-state index contributed by atoms with van der Waals surface area (Å²) in [5, 5.41) is 9.90. The van der Waals surface area contributed by atoms with Gasteiger partial charge in [-0.05, 0) is 53.1 Å². The van der Waals surface area contributed by atoms with Crippen molar-refractivity contribution < 1.29 is 9.84 Å². The first kappa shape index (κ1) is 17.3. The number of unbranched alkanes of at least 4 members (excludes halogenated alkanes) is 1. The lowest BCUT2D eigenvalue weighted by atomic mass is 10.0. The van der Waals surface area contributed by atoms with E-state index < -0.39 is 0 Å². The molecule has 4 nitrogen and oxygen atoms in total. The van der Waals surface area contributed by atoms with E-state index in [1.54, 1.807) is 7.11 Å². The second-order valence-corrected chi connectivity index (χ2v) is 5.64. The first-order chi connectivity index (χ1) is 9.58. The lowest BCUT2D eigenvalue weighted by Gasteiger charge is -2.30. The van der Waals surface area contributed by atoms with Crippen LogP contribution in [0.3, 0.4) is 0 Å². The van der Waals surface area contributed by atoms with Gasteiger partial charge in [0.05, 0.1) is 11.6 Å². The van der Waals surface area contributed by atoms with Crippen molar-refractivity contribution in [2.75, 3.05) is 26.7 Å². The molecule has 5 heteroatoms. The van der Waals surface area contributed by atoms with Gasteiger partial charge in [0.1, 0.15) is 0 Å². The highest BCUT2D eigenvalue weighted by atomic mass is 79.9. The van der Waals surface area contributed by atoms with E-state index in [2.05, 4.69) is 34.7 Å². The fourth-order valence-corrected chi connectivity index (χ4v) is 2.79. The molecule has 0 aromatic heterocycles. The molecule has 0 aliphatic heterocycles. The maximum absolute atomic E-state index is 9.90. The zero-order valence-electron chi connectivity index (χ0n) is 12.5. The normalized spacial score (nSPS) is 12.7. The third kappa shape index (κ3) is 4.11. The van der Waals surface area contributed by atoms with Crippen molar-refractivity contribution in [3.8, 4) is 11.5 Å². The Labute approximate surface area is 130 Å². The lowest BCUT2D eigenvalue weighted by Crippen LogP contribution is -2.34. The number of phenols is 1. The van der Waals surface area contributed by atoms with E-state index in [1.165, 1.54) is 0 Å². The Kier molecular flexibility index (Phi) is 7.34. The topological polar surface area (TPSA) is 58.7 Å². The molecule has 0 fully saturated rings. The third-order valence-electron chi connectivity index (χ3n) is 3.52. The summed E-state index contributed by atoms with van der Waals surface area (Å²) in [5.74, 6) is 0.600. The van der Waals surface area contributed by atoms with Gasteiger partial charge in [-0.3, -0.25) is 4.90 Å². The van der Waals surface area contributed by atoms with E-state index in [9.17, 15) is 5.11 Å². The van der Waals surface area contributed by atoms with Crippen LogP contribution in [-0.4, -0.2) is 36.8 Å². The highest BCUT2D eigenvalue weighted by molar-refractivity contribution is 9.10. The Morgan fingerprint density at radius 2 is 2.10 bits per heavy atom. The molecule has 1 rings (SSSR count). The van der Waals surface area contributed by atoms with Crippen LogP contribution in [0.4, 0.5) is 0 Å². The minimum Gasteiger partial charge on any atom is -0.503 e. The number of rotatable bonds is 8. The number of nitrogens with zero attached hydrogens (tertiary/aromatic N) is 1. The van der Waals surface area contributed by atoms with Crippen molar-refractivity contribution >= 4 is 15.9 Å². The van der Waals surface area contributed by atoms with Crippen LogP contribution in [0.5, 0.6) is 11.5 Å². The van der Waals surface area contributed by atoms with Crippen LogP contribution in [0, 0.1) is 0 Å². The summed E-state index contributed by atoms with van der Waals surface area (Å²) in [6, 6.07) is 3.92. The Bertz CT molecular complexity index is 427. The molecule has 0 saturated heterocycles. The highest BCUT2D eigenvalue weighted by Gasteiger charge is 2.20. The first-order valence-electron chi connectivity index (χ1n) is 7.09. The second-order valence-electron chi connectivity index (χ2n) is 4.79. The number of methoxy groups -OCH3 is 1. The average Bonchev–Trinajstić information content (AvgIpc) is 2.46. The van der Waals surface area contributed by atoms with E-state index in [1.807, 2.05) is 12.1 Å². The van der Waals surface area contributed by atoms with Gasteiger partial charge in [0.2, 0.25) is 0 Å². The van der Waals surface area contributed by atoms with Crippen LogP contribution in [0.25, 0.3) is 0 Å². The fraction of sp³-hybridized carbons (Fsp3) is 0.600. The summed E-state index contributed by atoms with van der Waals surface area (Å²) in [4.78, 5) is 2.36. The minimum atomic E-state index is 0.128. The predicted molar refractivity (Wildman–Crippen MR) is 86.3 cm³/mol. The van der Waals surface area contributed by atoms with Gasteiger partial charge in [0.25, 0.3) is 0 Å². The molecule has 0 radical (unpaired) electrons. The third-order valence-corrected chi connectivity index (χ3v) is 4.13. The SMILES string of the molecule is CCCCN(CC)C(CN)c1cc(Br)c(O)c(OC)c1. The Morgan fingerprint density at radius 1 is 1.40 bits per heavy atom. The van der Waals surface area contributed by atoms with Gasteiger partial charge in [-0.1, -0.05) is 20.3 Å². The molecule has 0 aliphatic carbocycles. The number of phenolic OH excluding ortho intramolecular Hbond substituents is 1. The smallest absolute Gasteiger partial charge is 0.172 e. The van der Waals surface area contributed by atoms with Crippen molar-refractivity contribution in [1.82, 2.24) is 4.90 Å². The van der Waals surface area contributed by atoms with Crippen molar-refractivity contribution in [2.45, 2.75) is 32.7 Å². The molecule has 1 unspecified atom stereocenters. The molecular weight excluding hydrogens is 320 g/mol. The van der Waals surface area contributed by atoms with E-state index >= 15 is 0 Å². The summed E-state index contributed by atoms with van der Waals surface area (Å²) in [7, 11) is 1.55. The van der Waals surface area contributed by atoms with E-state index in [0.717, 1.165) is 31.5 Å². The van der Waals surface area contributed by atoms with Crippen molar-refractivity contribution in [1.29, 1.82) is 0 Å². The summed E-state index contributed by atoms with van der Waals surface area (Å²) in [5.41, 5.74) is 7.03. The first-order valence-corrected chi connectivity index (χ1v) is 7.88. The number of nitrogens with two attached hydrogens (primary N) is 1. The molecule has 1 aromatic rings. The maximum atomic E-state index is 9.90. The zero-order chi connectivity index (χ0) is 15.1. The van der Waals surface area contributed by atoms with Crippen molar-refractivity contribution in [3.63, 3.8) is 0 Å². The van der Waals surface area contributed by atoms with Gasteiger partial charge in [0, 0.05) is 12.6 Å². The number of hydrogen-bond donors (Lipinski definition) is 2. The second kappa shape index (κ2) is 8.49. The number of hydrogen-bond acceptors (Lipinski definition) is 4. The summed E-state index contributed by atoms with van der Waals surface area (Å²) in [6.45, 7) is 6.84. The van der Waals surface area contributed by atoms with E-state index in [4.69, 9.17) is 10.5 Å². The molecular formula is C15H25BrN2O2. The zero-order valence-corrected chi connectivity index (χ0v) is 14.1. The number of likely N-dealkylation sites (N-methyl/N-ethyl adjacent to an activating group) is 1. The largest absolute Gasteiger partial charge is 0.503 e. The van der Waals surface area contributed by atoms with Crippen LogP contribution in [0.1, 0.15) is 38.3 Å². The van der Waals surface area contributed by atoms with Gasteiger partial charge < -0.3 is 15.6 Å². The molecule has 0 spiro atoms. The Morgan fingerprint density at radius 3 is 2.60 bits per heavy atom. The molecule has 20 heavy (non-hydrogen) atoms. The molecule has 0 aliphatic rings. The minimum absolute atomic E-state index is 0.128. The van der Waals surface area contributed by atoms with Crippen LogP contribution >= 0.6 is 15.9 Å². The standard InChI is InChI=1S/C15H25BrN2O2/c1-4-6-7-18(5-2)13(10-17)11-8-12(16)15(19)14(9-11)20-3/h8-9,13,19H,4-7,10,17H2,1-3H3. The predicted octanol–water partition coefficient (Wildman–Crippen LogP) is 3.29. The Hall–Kier alpha value is -0.780. The summed E-state index contributed by atoms with van der Waals surface area (Å²) in [6.07, 6.45) is 2.32. The van der Waals surface area contributed by atoms with Gasteiger partial charge in [-0.25, -0.2) is 0 Å². The van der Waals surface area contributed by atoms with E-state index in [-0.39, 0.29) is 11.8 Å². The molecule has 1 atom stereocenters. The molecule has 0 bridgehead atoms. The van der Waals surface area contributed by atoms with Gasteiger partial charge in [-0.2, -0.15) is 0 Å². The van der Waals surface area contributed by atoms with Crippen LogP contribution < -0.4 is 10.5 Å². The van der Waals surface area contributed by atoms with Crippen molar-refractivity contribution in [3.05, 3.63) is 22.2 Å². The quantitative estimate of drug-likeness (QED) is 0.759. The maximum Gasteiger partial charge on any atom is 0.172 e. The van der Waals surface area contributed by atoms with Gasteiger partial charge in [-0.15, -0.1) is 0 Å². The highest BCUT2D eigenvalue weighted by Crippen LogP contribution is 2.37. The fourth-order valence-electron chi connectivity index (χ4n) is 2.33. The molecule has 1 aromatic carbocycles. The van der Waals surface area contributed by atoms with Crippen LogP contribution in [-0.2, 0) is 0 Å². The molecule has 3 N–H and O–H groups in total. The lowest BCUT2D eigenvalue weighted by molar-refractivity contribution is 0.208. The summed E-state index contributed by atoms with van der Waals surface area (Å²) < 4.78 is 5.85. The average molecular weight is 345 g/mol. The number of ether oxygens (including phenoxy) is 1. The van der Waals surface area contributed by atoms with Crippen molar-refractivity contribution in [2.24, 2.45) is 5.73 Å². The van der Waals surface area contributed by atoms with Gasteiger partial charge in [0.15, 0.2) is 11.5 Å². The number of halogens is 1. The summed E-state index contributed by atoms with van der Waals surface area (Å²) >= 11 is 3.37. The number of benzene rings is 1. The van der Waals surface area contributed by atoms with Crippen LogP contribution in [0.15, 0.2) is 16.6 Å². The molecule has 0 saturated carbocycles. The molecule has 114 valence electrons. The number of aromatic hydroxyl groups is 1. The molecule has 0 amide bonds. The van der Waals surface area contributed by atoms with Gasteiger partial charge >= 0.3 is 0 Å². The monoisotopic (exact) mass is 344 g/mol. The van der Waals surface area contributed by atoms with E-state index in [0.29, 0.717) is 16.8 Å². The van der Waals surface area contributed by atoms with Crippen LogP contribution in [0.2, 0.25) is 0 Å². The molecule has 0 heterocycles. The Balaban J connectivity index is 3.07.